The maximum atomic E-state index is 12.5. The maximum Gasteiger partial charge on any atom is 0.255 e. The van der Waals surface area contributed by atoms with Crippen molar-refractivity contribution in [2.45, 2.75) is 20.5 Å². The van der Waals surface area contributed by atoms with Crippen LogP contribution in [0, 0.1) is 0 Å². The van der Waals surface area contributed by atoms with Crippen LogP contribution in [-0.2, 0) is 11.3 Å². The molecule has 5 nitrogen and oxygen atoms in total. The molecule has 0 aliphatic rings. The quantitative estimate of drug-likeness (QED) is 0.748. The Balaban J connectivity index is 2.19. The molecule has 0 unspecified atom stereocenters. The molecule has 0 spiro atoms. The van der Waals surface area contributed by atoms with Crippen LogP contribution in [0.25, 0.3) is 0 Å². The Morgan fingerprint density at radius 1 is 1.08 bits per heavy atom. The number of carbonyl (C=O) groups excluding carboxylic acids is 1. The molecule has 2 aromatic carbocycles. The first-order valence-electron chi connectivity index (χ1n) is 8.07. The third-order valence-electron chi connectivity index (χ3n) is 3.49. The number of ether oxygens (including phenoxy) is 3. The molecule has 0 saturated carbocycles. The van der Waals surface area contributed by atoms with E-state index in [9.17, 15) is 4.79 Å². The molecule has 1 N–H and O–H groups in total. The number of hydrogen-bond acceptors (Lipinski definition) is 4. The largest absolute Gasteiger partial charge is 0.495 e. The van der Waals surface area contributed by atoms with Crippen molar-refractivity contribution in [1.29, 1.82) is 0 Å². The number of carbonyl (C=O) groups is 1. The van der Waals surface area contributed by atoms with Gasteiger partial charge in [0, 0.05) is 23.4 Å². The Kier molecular flexibility index (Phi) is 7.10. The number of amides is 1. The standard InChI is InChI=1S/C19H22ClNO4/c1-4-24-12-14-10-13(6-8-17(14)25-5-2)19(22)21-15-7-9-18(23-3)16(20)11-15/h6-11H,4-5,12H2,1-3H3,(H,21,22). The first-order valence-corrected chi connectivity index (χ1v) is 8.45. The van der Waals surface area contributed by atoms with E-state index in [1.807, 2.05) is 13.8 Å². The summed E-state index contributed by atoms with van der Waals surface area (Å²) in [4.78, 5) is 12.5. The smallest absolute Gasteiger partial charge is 0.255 e. The van der Waals surface area contributed by atoms with E-state index in [0.29, 0.717) is 41.8 Å². The predicted octanol–water partition coefficient (Wildman–Crippen LogP) is 4.54. The molecule has 2 aromatic rings. The van der Waals surface area contributed by atoms with Crippen molar-refractivity contribution in [3.63, 3.8) is 0 Å². The Morgan fingerprint density at radius 2 is 1.84 bits per heavy atom. The highest BCUT2D eigenvalue weighted by Gasteiger charge is 2.12. The van der Waals surface area contributed by atoms with Crippen LogP contribution >= 0.6 is 11.6 Å². The van der Waals surface area contributed by atoms with Crippen LogP contribution in [0.5, 0.6) is 11.5 Å². The summed E-state index contributed by atoms with van der Waals surface area (Å²) < 4.78 is 16.1. The number of nitrogens with one attached hydrogen (secondary N) is 1. The molecule has 0 heterocycles. The van der Waals surface area contributed by atoms with Gasteiger partial charge < -0.3 is 19.5 Å². The third-order valence-corrected chi connectivity index (χ3v) is 3.79. The Morgan fingerprint density at radius 3 is 2.48 bits per heavy atom. The van der Waals surface area contributed by atoms with E-state index < -0.39 is 0 Å². The van der Waals surface area contributed by atoms with Gasteiger partial charge in [0.05, 0.1) is 25.3 Å². The molecule has 6 heteroatoms. The number of hydrogen-bond donors (Lipinski definition) is 1. The second kappa shape index (κ2) is 9.30. The summed E-state index contributed by atoms with van der Waals surface area (Å²) in [5, 5.41) is 3.26. The average Bonchev–Trinajstić information content (AvgIpc) is 2.61. The van der Waals surface area contributed by atoms with E-state index in [-0.39, 0.29) is 5.91 Å². The zero-order valence-corrected chi connectivity index (χ0v) is 15.4. The molecule has 0 atom stereocenters. The zero-order chi connectivity index (χ0) is 18.2. The van der Waals surface area contributed by atoms with E-state index >= 15 is 0 Å². The second-order valence-electron chi connectivity index (χ2n) is 5.20. The lowest BCUT2D eigenvalue weighted by Gasteiger charge is -2.13. The molecule has 0 aliphatic heterocycles. The highest BCUT2D eigenvalue weighted by molar-refractivity contribution is 6.32. The molecule has 0 radical (unpaired) electrons. The number of methoxy groups -OCH3 is 1. The molecule has 0 aliphatic carbocycles. The van der Waals surface area contributed by atoms with Crippen molar-refractivity contribution >= 4 is 23.2 Å². The van der Waals surface area contributed by atoms with Crippen LogP contribution in [-0.4, -0.2) is 26.2 Å². The molecule has 0 bridgehead atoms. The van der Waals surface area contributed by atoms with Gasteiger partial charge >= 0.3 is 0 Å². The topological polar surface area (TPSA) is 56.8 Å². The molecule has 0 aromatic heterocycles. The summed E-state index contributed by atoms with van der Waals surface area (Å²) in [6, 6.07) is 10.4. The minimum absolute atomic E-state index is 0.234. The molecule has 1 amide bonds. The summed E-state index contributed by atoms with van der Waals surface area (Å²) in [5.41, 5.74) is 1.95. The van der Waals surface area contributed by atoms with Crippen LogP contribution in [0.15, 0.2) is 36.4 Å². The molecule has 0 saturated heterocycles. The lowest BCUT2D eigenvalue weighted by atomic mass is 10.1. The molecule has 134 valence electrons. The summed E-state index contributed by atoms with van der Waals surface area (Å²) in [6.45, 7) is 5.37. The minimum Gasteiger partial charge on any atom is -0.495 e. The number of rotatable bonds is 8. The fourth-order valence-corrected chi connectivity index (χ4v) is 2.55. The van der Waals surface area contributed by atoms with Crippen LogP contribution < -0.4 is 14.8 Å². The first kappa shape index (κ1) is 19.1. The van der Waals surface area contributed by atoms with Gasteiger partial charge in [-0.15, -0.1) is 0 Å². The average molecular weight is 364 g/mol. The number of halogens is 1. The van der Waals surface area contributed by atoms with Crippen molar-refractivity contribution in [3.8, 4) is 11.5 Å². The van der Waals surface area contributed by atoms with E-state index in [4.69, 9.17) is 25.8 Å². The van der Waals surface area contributed by atoms with Gasteiger partial charge in [0.1, 0.15) is 11.5 Å². The highest BCUT2D eigenvalue weighted by atomic mass is 35.5. The lowest BCUT2D eigenvalue weighted by Crippen LogP contribution is -2.13. The van der Waals surface area contributed by atoms with Crippen molar-refractivity contribution in [2.75, 3.05) is 25.6 Å². The van der Waals surface area contributed by atoms with Gasteiger partial charge in [-0.25, -0.2) is 0 Å². The normalized spacial score (nSPS) is 10.4. The fraction of sp³-hybridized carbons (Fsp3) is 0.316. The van der Waals surface area contributed by atoms with E-state index in [2.05, 4.69) is 5.32 Å². The summed E-state index contributed by atoms with van der Waals surface area (Å²) in [7, 11) is 1.54. The molecule has 0 fully saturated rings. The van der Waals surface area contributed by atoms with Gasteiger partial charge in [0.2, 0.25) is 0 Å². The first-order chi connectivity index (χ1) is 12.1. The van der Waals surface area contributed by atoms with Gasteiger partial charge in [0.25, 0.3) is 5.91 Å². The minimum atomic E-state index is -0.234. The van der Waals surface area contributed by atoms with Gasteiger partial charge in [-0.3, -0.25) is 4.79 Å². The van der Waals surface area contributed by atoms with E-state index in [1.54, 1.807) is 43.5 Å². The van der Waals surface area contributed by atoms with Crippen molar-refractivity contribution < 1.29 is 19.0 Å². The Labute approximate surface area is 152 Å². The SMILES string of the molecule is CCOCc1cc(C(=O)Nc2ccc(OC)c(Cl)c2)ccc1OCC. The van der Waals surface area contributed by atoms with Crippen LogP contribution in [0.2, 0.25) is 5.02 Å². The van der Waals surface area contributed by atoms with Crippen molar-refractivity contribution in [2.24, 2.45) is 0 Å². The molecular weight excluding hydrogens is 342 g/mol. The number of benzene rings is 2. The Hall–Kier alpha value is -2.24. The highest BCUT2D eigenvalue weighted by Crippen LogP contribution is 2.28. The van der Waals surface area contributed by atoms with Crippen LogP contribution in [0.1, 0.15) is 29.8 Å². The lowest BCUT2D eigenvalue weighted by molar-refractivity contribution is 0.102. The summed E-state index contributed by atoms with van der Waals surface area (Å²) in [5.74, 6) is 1.04. The zero-order valence-electron chi connectivity index (χ0n) is 14.6. The van der Waals surface area contributed by atoms with Gasteiger partial charge in [-0.1, -0.05) is 11.6 Å². The van der Waals surface area contributed by atoms with E-state index in [1.165, 1.54) is 0 Å². The fourth-order valence-electron chi connectivity index (χ4n) is 2.29. The van der Waals surface area contributed by atoms with Gasteiger partial charge in [0.15, 0.2) is 0 Å². The van der Waals surface area contributed by atoms with Crippen LogP contribution in [0.4, 0.5) is 5.69 Å². The summed E-state index contributed by atoms with van der Waals surface area (Å²) >= 11 is 6.09. The third kappa shape index (κ3) is 5.11. The predicted molar refractivity (Wildman–Crippen MR) is 98.9 cm³/mol. The molecular formula is C19H22ClNO4. The van der Waals surface area contributed by atoms with Crippen molar-refractivity contribution in [3.05, 3.63) is 52.5 Å². The Bertz CT molecular complexity index is 733. The second-order valence-corrected chi connectivity index (χ2v) is 5.60. The molecule has 25 heavy (non-hydrogen) atoms. The van der Waals surface area contributed by atoms with Crippen LogP contribution in [0.3, 0.4) is 0 Å². The van der Waals surface area contributed by atoms with Gasteiger partial charge in [-0.2, -0.15) is 0 Å². The number of anilines is 1. The molecule has 2 rings (SSSR count). The monoisotopic (exact) mass is 363 g/mol. The summed E-state index contributed by atoms with van der Waals surface area (Å²) in [6.07, 6.45) is 0. The van der Waals surface area contributed by atoms with Crippen molar-refractivity contribution in [1.82, 2.24) is 0 Å². The maximum absolute atomic E-state index is 12.5. The van der Waals surface area contributed by atoms with Gasteiger partial charge in [-0.05, 0) is 50.2 Å². The van der Waals surface area contributed by atoms with E-state index in [0.717, 1.165) is 11.3 Å².